The van der Waals surface area contributed by atoms with Gasteiger partial charge in [0.15, 0.2) is 0 Å². The van der Waals surface area contributed by atoms with E-state index in [1.54, 1.807) is 23.1 Å². The molecule has 5 rings (SSSR count). The van der Waals surface area contributed by atoms with Crippen LogP contribution in [0.5, 0.6) is 17.2 Å². The molecule has 8 nitrogen and oxygen atoms in total. The highest BCUT2D eigenvalue weighted by atomic mass is 16.5. The number of nitrogens with one attached hydrogen (secondary N) is 1. The summed E-state index contributed by atoms with van der Waals surface area (Å²) < 4.78 is 12.4. The maximum Gasteiger partial charge on any atom is 0.258 e. The highest BCUT2D eigenvalue weighted by Gasteiger charge is 2.34. The Morgan fingerprint density at radius 2 is 1.80 bits per heavy atom. The largest absolute Gasteiger partial charge is 0.488 e. The lowest BCUT2D eigenvalue weighted by molar-refractivity contribution is -0.117. The van der Waals surface area contributed by atoms with Crippen molar-refractivity contribution in [3.63, 3.8) is 0 Å². The third-order valence-corrected chi connectivity index (χ3v) is 7.73. The Hall–Kier alpha value is -3.88. The van der Waals surface area contributed by atoms with E-state index in [-0.39, 0.29) is 42.4 Å². The molecule has 2 N–H and O–H groups in total. The van der Waals surface area contributed by atoms with E-state index in [0.29, 0.717) is 36.6 Å². The van der Waals surface area contributed by atoms with Gasteiger partial charge in [-0.1, -0.05) is 37.3 Å². The van der Waals surface area contributed by atoms with E-state index in [1.807, 2.05) is 49.4 Å². The van der Waals surface area contributed by atoms with Gasteiger partial charge in [0.25, 0.3) is 5.91 Å². The molecule has 0 spiro atoms. The fourth-order valence-corrected chi connectivity index (χ4v) is 5.08. The molecule has 8 heteroatoms. The topological polar surface area (TPSA) is 91.3 Å². The van der Waals surface area contributed by atoms with Crippen molar-refractivity contribution in [3.8, 4) is 17.2 Å². The minimum Gasteiger partial charge on any atom is -0.488 e. The van der Waals surface area contributed by atoms with Crippen LogP contribution in [-0.4, -0.2) is 65.6 Å². The molecule has 0 bridgehead atoms. The summed E-state index contributed by atoms with van der Waals surface area (Å²) in [7, 11) is 2.06. The van der Waals surface area contributed by atoms with Crippen LogP contribution in [0.2, 0.25) is 0 Å². The molecular weight excluding hydrogens is 518 g/mol. The van der Waals surface area contributed by atoms with E-state index in [1.165, 1.54) is 0 Å². The van der Waals surface area contributed by atoms with Crippen LogP contribution in [0.25, 0.3) is 0 Å². The van der Waals surface area contributed by atoms with E-state index in [0.717, 1.165) is 29.9 Å². The molecule has 3 aromatic rings. The molecule has 0 radical (unpaired) electrons. The number of aliphatic hydroxyl groups excluding tert-OH is 1. The Morgan fingerprint density at radius 1 is 1.10 bits per heavy atom. The lowest BCUT2D eigenvalue weighted by Crippen LogP contribution is -2.49. The summed E-state index contributed by atoms with van der Waals surface area (Å²) in [6.07, 6.45) is 1.60. The first kappa shape index (κ1) is 28.6. The maximum absolute atomic E-state index is 13.6. The molecule has 2 amide bonds. The van der Waals surface area contributed by atoms with Crippen LogP contribution in [0.1, 0.15) is 42.6 Å². The van der Waals surface area contributed by atoms with Gasteiger partial charge in [-0.25, -0.2) is 0 Å². The van der Waals surface area contributed by atoms with Crippen molar-refractivity contribution in [3.05, 3.63) is 83.9 Å². The molecule has 3 aromatic carbocycles. The van der Waals surface area contributed by atoms with Gasteiger partial charge in [0.05, 0.1) is 18.2 Å². The third kappa shape index (κ3) is 7.26. The zero-order valence-corrected chi connectivity index (χ0v) is 24.0. The van der Waals surface area contributed by atoms with Crippen molar-refractivity contribution in [2.45, 2.75) is 45.4 Å². The Labute approximate surface area is 241 Å². The SMILES string of the molecule is C[C@@H]1CN([C@@H](C)CO)C(=O)c2cc(NC(=O)C3CC3)ccc2O[C@H]1CN(C)Cc1ccc(Oc2ccccc2)cc1. The number of fused-ring (bicyclic) bond motifs is 1. The van der Waals surface area contributed by atoms with E-state index >= 15 is 0 Å². The van der Waals surface area contributed by atoms with Crippen molar-refractivity contribution >= 4 is 17.5 Å². The number of ether oxygens (including phenoxy) is 2. The van der Waals surface area contributed by atoms with Crippen LogP contribution in [0, 0.1) is 11.8 Å². The molecule has 1 saturated carbocycles. The fourth-order valence-electron chi connectivity index (χ4n) is 5.08. The zero-order chi connectivity index (χ0) is 28.9. The number of benzene rings is 3. The molecule has 1 fully saturated rings. The number of aliphatic hydroxyl groups is 1. The van der Waals surface area contributed by atoms with Crippen LogP contribution in [0.3, 0.4) is 0 Å². The van der Waals surface area contributed by atoms with Gasteiger partial charge in [0, 0.05) is 37.2 Å². The third-order valence-electron chi connectivity index (χ3n) is 7.73. The Kier molecular flexibility index (Phi) is 8.90. The number of nitrogens with zero attached hydrogens (tertiary/aromatic N) is 2. The molecular formula is C33H39N3O5. The number of hydrogen-bond acceptors (Lipinski definition) is 6. The maximum atomic E-state index is 13.6. The summed E-state index contributed by atoms with van der Waals surface area (Å²) >= 11 is 0. The van der Waals surface area contributed by atoms with Crippen LogP contribution in [-0.2, 0) is 11.3 Å². The minimum atomic E-state index is -0.351. The Balaban J connectivity index is 1.30. The number of anilines is 1. The first-order valence-corrected chi connectivity index (χ1v) is 14.3. The number of rotatable bonds is 10. The van der Waals surface area contributed by atoms with Gasteiger partial charge in [0.1, 0.15) is 23.4 Å². The molecule has 2 aliphatic rings. The quantitative estimate of drug-likeness (QED) is 0.357. The second kappa shape index (κ2) is 12.7. The predicted molar refractivity (Wildman–Crippen MR) is 158 cm³/mol. The molecule has 0 saturated heterocycles. The van der Waals surface area contributed by atoms with Crippen LogP contribution in [0.15, 0.2) is 72.8 Å². The molecule has 1 heterocycles. The number of amides is 2. The summed E-state index contributed by atoms with van der Waals surface area (Å²) in [6.45, 7) is 5.58. The van der Waals surface area contributed by atoms with Gasteiger partial charge in [-0.15, -0.1) is 0 Å². The number of hydrogen-bond donors (Lipinski definition) is 2. The average molecular weight is 558 g/mol. The minimum absolute atomic E-state index is 0.0134. The van der Waals surface area contributed by atoms with Crippen LogP contribution >= 0.6 is 0 Å². The lowest BCUT2D eigenvalue weighted by atomic mass is 9.99. The Bertz CT molecular complexity index is 1340. The summed E-state index contributed by atoms with van der Waals surface area (Å²) in [5, 5.41) is 12.9. The first-order chi connectivity index (χ1) is 19.8. The second-order valence-corrected chi connectivity index (χ2v) is 11.4. The van der Waals surface area contributed by atoms with Crippen LogP contribution < -0.4 is 14.8 Å². The molecule has 1 aliphatic heterocycles. The molecule has 41 heavy (non-hydrogen) atoms. The number of para-hydroxylation sites is 1. The first-order valence-electron chi connectivity index (χ1n) is 14.3. The predicted octanol–water partition coefficient (Wildman–Crippen LogP) is 5.18. The number of likely N-dealkylation sites (N-methyl/N-ethyl adjacent to an activating group) is 1. The van der Waals surface area contributed by atoms with Gasteiger partial charge in [-0.05, 0) is 74.8 Å². The summed E-state index contributed by atoms with van der Waals surface area (Å²) in [4.78, 5) is 29.9. The second-order valence-electron chi connectivity index (χ2n) is 11.4. The van der Waals surface area contributed by atoms with Gasteiger partial charge >= 0.3 is 0 Å². The monoisotopic (exact) mass is 557 g/mol. The van der Waals surface area contributed by atoms with E-state index in [9.17, 15) is 14.7 Å². The van der Waals surface area contributed by atoms with E-state index in [2.05, 4.69) is 36.3 Å². The van der Waals surface area contributed by atoms with Crippen molar-refractivity contribution in [1.29, 1.82) is 0 Å². The zero-order valence-electron chi connectivity index (χ0n) is 24.0. The van der Waals surface area contributed by atoms with Gasteiger partial charge < -0.3 is 24.8 Å². The van der Waals surface area contributed by atoms with E-state index in [4.69, 9.17) is 9.47 Å². The van der Waals surface area contributed by atoms with Gasteiger partial charge in [-0.2, -0.15) is 0 Å². The molecule has 216 valence electrons. The molecule has 0 unspecified atom stereocenters. The van der Waals surface area contributed by atoms with Gasteiger partial charge in [0.2, 0.25) is 5.91 Å². The molecule has 0 aromatic heterocycles. The lowest BCUT2D eigenvalue weighted by Gasteiger charge is -2.38. The van der Waals surface area contributed by atoms with Crippen molar-refractivity contribution in [1.82, 2.24) is 9.80 Å². The highest BCUT2D eigenvalue weighted by molar-refractivity contribution is 6.00. The average Bonchev–Trinajstić information content (AvgIpc) is 3.82. The smallest absolute Gasteiger partial charge is 0.258 e. The molecule has 1 aliphatic carbocycles. The van der Waals surface area contributed by atoms with Crippen molar-refractivity contribution in [2.75, 3.05) is 32.1 Å². The highest BCUT2D eigenvalue weighted by Crippen LogP contribution is 2.33. The number of carbonyl (C=O) groups is 2. The summed E-state index contributed by atoms with van der Waals surface area (Å²) in [6, 6.07) is 22.7. The van der Waals surface area contributed by atoms with Gasteiger partial charge in [-0.3, -0.25) is 14.5 Å². The number of carbonyl (C=O) groups excluding carboxylic acids is 2. The van der Waals surface area contributed by atoms with Crippen molar-refractivity contribution < 1.29 is 24.2 Å². The van der Waals surface area contributed by atoms with Crippen molar-refractivity contribution in [2.24, 2.45) is 11.8 Å². The Morgan fingerprint density at radius 3 is 2.49 bits per heavy atom. The normalized spacial score (nSPS) is 19.5. The molecule has 3 atom stereocenters. The van der Waals surface area contributed by atoms with Crippen LogP contribution in [0.4, 0.5) is 5.69 Å². The fraction of sp³-hybridized carbons (Fsp3) is 0.394. The summed E-state index contributed by atoms with van der Waals surface area (Å²) in [5.41, 5.74) is 2.12. The standard InChI is InChI=1S/C33H39N3O5/c1-22-18-36(23(2)21-37)33(39)29-17-26(34-32(38)25-11-12-25)13-16-30(29)41-31(22)20-35(3)19-24-9-14-28(15-10-24)40-27-7-5-4-6-8-27/h4-10,13-17,22-23,25,31,37H,11-12,18-21H2,1-3H3,(H,34,38)/t22-,23+,31+/m1/s1. The summed E-state index contributed by atoms with van der Waals surface area (Å²) in [5.74, 6) is 1.92. The van der Waals surface area contributed by atoms with E-state index < -0.39 is 0 Å².